The lowest BCUT2D eigenvalue weighted by atomic mass is 9.82. The smallest absolute Gasteiger partial charge is 0.254 e. The monoisotopic (exact) mass is 316 g/mol. The van der Waals surface area contributed by atoms with Crippen LogP contribution in [0.25, 0.3) is 0 Å². The molecule has 4 heteroatoms. The molecule has 0 aromatic heterocycles. The fourth-order valence-electron chi connectivity index (χ4n) is 3.96. The van der Waals surface area contributed by atoms with Gasteiger partial charge in [-0.2, -0.15) is 0 Å². The second kappa shape index (κ2) is 7.02. The molecule has 0 N–H and O–H groups in total. The molecule has 2 aliphatic rings. The molecule has 1 aromatic carbocycles. The molecule has 1 atom stereocenters. The van der Waals surface area contributed by atoms with E-state index in [2.05, 4.69) is 23.8 Å². The Morgan fingerprint density at radius 3 is 2.65 bits per heavy atom. The van der Waals surface area contributed by atoms with Crippen LogP contribution in [0.15, 0.2) is 30.3 Å². The minimum absolute atomic E-state index is 0.0141. The Bertz CT molecular complexity index is 523. The summed E-state index contributed by atoms with van der Waals surface area (Å²) in [5.74, 6) is 0.156. The summed E-state index contributed by atoms with van der Waals surface area (Å²) in [5.41, 5.74) is 0.776. The molecule has 2 heterocycles. The van der Waals surface area contributed by atoms with E-state index in [-0.39, 0.29) is 11.5 Å². The minimum atomic E-state index is -0.0141. The molecular formula is C19H28N2O2. The SMILES string of the molecule is CCN(C(=O)c1ccccc1)[C@@H]1CCOC2(CCN(C)CC2)C1. The largest absolute Gasteiger partial charge is 0.375 e. The summed E-state index contributed by atoms with van der Waals surface area (Å²) in [4.78, 5) is 17.3. The average molecular weight is 316 g/mol. The van der Waals surface area contributed by atoms with E-state index in [1.165, 1.54) is 0 Å². The second-order valence-corrected chi connectivity index (χ2v) is 6.94. The lowest BCUT2D eigenvalue weighted by Crippen LogP contribution is -2.54. The molecule has 2 saturated heterocycles. The minimum Gasteiger partial charge on any atom is -0.375 e. The number of nitrogens with zero attached hydrogens (tertiary/aromatic N) is 2. The zero-order chi connectivity index (χ0) is 16.3. The van der Waals surface area contributed by atoms with E-state index in [0.717, 1.165) is 57.5 Å². The van der Waals surface area contributed by atoms with Gasteiger partial charge in [0.05, 0.1) is 5.60 Å². The predicted octanol–water partition coefficient (Wildman–Crippen LogP) is 2.79. The van der Waals surface area contributed by atoms with Crippen LogP contribution in [0.3, 0.4) is 0 Å². The van der Waals surface area contributed by atoms with Crippen molar-refractivity contribution in [2.75, 3.05) is 33.3 Å². The highest BCUT2D eigenvalue weighted by molar-refractivity contribution is 5.94. The van der Waals surface area contributed by atoms with Crippen molar-refractivity contribution in [1.29, 1.82) is 0 Å². The summed E-state index contributed by atoms with van der Waals surface area (Å²) in [6, 6.07) is 9.94. The van der Waals surface area contributed by atoms with Crippen LogP contribution < -0.4 is 0 Å². The third-order valence-electron chi connectivity index (χ3n) is 5.43. The Labute approximate surface area is 139 Å². The molecule has 2 fully saturated rings. The molecule has 3 rings (SSSR count). The van der Waals surface area contributed by atoms with Gasteiger partial charge < -0.3 is 14.5 Å². The van der Waals surface area contributed by atoms with Gasteiger partial charge in [0.2, 0.25) is 0 Å². The summed E-state index contributed by atoms with van der Waals surface area (Å²) in [6.07, 6.45) is 4.09. The first-order valence-electron chi connectivity index (χ1n) is 8.82. The number of piperidine rings is 1. The number of amides is 1. The molecule has 1 amide bonds. The van der Waals surface area contributed by atoms with E-state index in [9.17, 15) is 4.79 Å². The second-order valence-electron chi connectivity index (χ2n) is 6.94. The Morgan fingerprint density at radius 2 is 2.00 bits per heavy atom. The molecule has 0 saturated carbocycles. The number of benzene rings is 1. The summed E-state index contributed by atoms with van der Waals surface area (Å²) < 4.78 is 6.20. The summed E-state index contributed by atoms with van der Waals surface area (Å²) in [6.45, 7) is 5.79. The maximum atomic E-state index is 12.9. The first-order chi connectivity index (χ1) is 11.1. The summed E-state index contributed by atoms with van der Waals surface area (Å²) in [5, 5.41) is 0. The van der Waals surface area contributed by atoms with Crippen LogP contribution in [0.1, 0.15) is 43.0 Å². The van der Waals surface area contributed by atoms with Gasteiger partial charge in [-0.05, 0) is 51.8 Å². The van der Waals surface area contributed by atoms with E-state index in [0.29, 0.717) is 6.04 Å². The van der Waals surface area contributed by atoms with Gasteiger partial charge in [-0.25, -0.2) is 0 Å². The highest BCUT2D eigenvalue weighted by Crippen LogP contribution is 2.36. The van der Waals surface area contributed by atoms with Gasteiger partial charge in [0.1, 0.15) is 0 Å². The molecule has 1 spiro atoms. The van der Waals surface area contributed by atoms with Crippen molar-refractivity contribution in [3.8, 4) is 0 Å². The van der Waals surface area contributed by atoms with Crippen molar-refractivity contribution in [3.63, 3.8) is 0 Å². The maximum Gasteiger partial charge on any atom is 0.254 e. The van der Waals surface area contributed by atoms with Crippen molar-refractivity contribution < 1.29 is 9.53 Å². The van der Waals surface area contributed by atoms with Crippen LogP contribution in [0.5, 0.6) is 0 Å². The molecular weight excluding hydrogens is 288 g/mol. The van der Waals surface area contributed by atoms with Gasteiger partial charge in [0, 0.05) is 37.8 Å². The molecule has 126 valence electrons. The van der Waals surface area contributed by atoms with Crippen LogP contribution >= 0.6 is 0 Å². The fraction of sp³-hybridized carbons (Fsp3) is 0.632. The Hall–Kier alpha value is -1.39. The lowest BCUT2D eigenvalue weighted by molar-refractivity contribution is -0.127. The van der Waals surface area contributed by atoms with Crippen LogP contribution in [-0.2, 0) is 4.74 Å². The zero-order valence-corrected chi connectivity index (χ0v) is 14.3. The van der Waals surface area contributed by atoms with Gasteiger partial charge in [-0.15, -0.1) is 0 Å². The highest BCUT2D eigenvalue weighted by Gasteiger charge is 2.42. The molecule has 1 aromatic rings. The number of carbonyl (C=O) groups excluding carboxylic acids is 1. The van der Waals surface area contributed by atoms with E-state index < -0.39 is 0 Å². The highest BCUT2D eigenvalue weighted by atomic mass is 16.5. The lowest BCUT2D eigenvalue weighted by Gasteiger charge is -2.47. The van der Waals surface area contributed by atoms with Crippen LogP contribution in [0.2, 0.25) is 0 Å². The van der Waals surface area contributed by atoms with E-state index in [1.807, 2.05) is 30.3 Å². The topological polar surface area (TPSA) is 32.8 Å². The molecule has 0 radical (unpaired) electrons. The van der Waals surface area contributed by atoms with Gasteiger partial charge in [-0.1, -0.05) is 18.2 Å². The van der Waals surface area contributed by atoms with Gasteiger partial charge >= 0.3 is 0 Å². The first-order valence-corrected chi connectivity index (χ1v) is 8.82. The van der Waals surface area contributed by atoms with Crippen LogP contribution in [0, 0.1) is 0 Å². The van der Waals surface area contributed by atoms with Crippen molar-refractivity contribution in [1.82, 2.24) is 9.80 Å². The third-order valence-corrected chi connectivity index (χ3v) is 5.43. The summed E-state index contributed by atoms with van der Waals surface area (Å²) >= 11 is 0. The number of hydrogen-bond donors (Lipinski definition) is 0. The van der Waals surface area contributed by atoms with E-state index >= 15 is 0 Å². The number of likely N-dealkylation sites (tertiary alicyclic amines) is 1. The predicted molar refractivity (Wildman–Crippen MR) is 91.6 cm³/mol. The molecule has 0 unspecified atom stereocenters. The molecule has 0 aliphatic carbocycles. The standard InChI is InChI=1S/C19H28N2O2/c1-3-21(18(22)16-7-5-4-6-8-16)17-9-14-23-19(15-17)10-12-20(2)13-11-19/h4-8,17H,3,9-15H2,1-2H3/t17-/m1/s1. The van der Waals surface area contributed by atoms with Gasteiger partial charge in [0.15, 0.2) is 0 Å². The Kier molecular flexibility index (Phi) is 5.02. The van der Waals surface area contributed by atoms with E-state index in [1.54, 1.807) is 0 Å². The number of hydrogen-bond acceptors (Lipinski definition) is 3. The fourth-order valence-corrected chi connectivity index (χ4v) is 3.96. The Morgan fingerprint density at radius 1 is 1.30 bits per heavy atom. The zero-order valence-electron chi connectivity index (χ0n) is 14.3. The third kappa shape index (κ3) is 3.59. The maximum absolute atomic E-state index is 12.9. The molecule has 2 aliphatic heterocycles. The molecule has 23 heavy (non-hydrogen) atoms. The molecule has 0 bridgehead atoms. The quantitative estimate of drug-likeness (QED) is 0.859. The van der Waals surface area contributed by atoms with Crippen LogP contribution in [0.4, 0.5) is 0 Å². The number of ether oxygens (including phenoxy) is 1. The number of carbonyl (C=O) groups is 1. The van der Waals surface area contributed by atoms with Crippen molar-refractivity contribution in [3.05, 3.63) is 35.9 Å². The van der Waals surface area contributed by atoms with Crippen molar-refractivity contribution in [2.45, 2.75) is 44.2 Å². The van der Waals surface area contributed by atoms with E-state index in [4.69, 9.17) is 4.74 Å². The van der Waals surface area contributed by atoms with Crippen LogP contribution in [-0.4, -0.2) is 60.6 Å². The first kappa shape index (κ1) is 16.5. The van der Waals surface area contributed by atoms with Crippen molar-refractivity contribution in [2.24, 2.45) is 0 Å². The van der Waals surface area contributed by atoms with Gasteiger partial charge in [0.25, 0.3) is 5.91 Å². The molecule has 4 nitrogen and oxygen atoms in total. The number of rotatable bonds is 3. The Balaban J connectivity index is 1.72. The van der Waals surface area contributed by atoms with Crippen molar-refractivity contribution >= 4 is 5.91 Å². The van der Waals surface area contributed by atoms with Gasteiger partial charge in [-0.3, -0.25) is 4.79 Å². The average Bonchev–Trinajstić information content (AvgIpc) is 2.59. The summed E-state index contributed by atoms with van der Waals surface area (Å²) in [7, 11) is 2.17. The normalized spacial score (nSPS) is 24.5.